The van der Waals surface area contributed by atoms with E-state index in [4.69, 9.17) is 17.0 Å². The fourth-order valence-corrected chi connectivity index (χ4v) is 2.79. The SMILES string of the molecule is CC(C)(C)c1ccc(C=NNC(=S)N[C@@H]2O[C@H](CO)[C@@H](O)[C@H](O)[C@H]2O)cc1. The quantitative estimate of drug-likeness (QED) is 0.230. The number of nitrogens with zero attached hydrogens (tertiary/aromatic N) is 1. The summed E-state index contributed by atoms with van der Waals surface area (Å²) in [6, 6.07) is 7.96. The second kappa shape index (κ2) is 9.05. The predicted molar refractivity (Wildman–Crippen MR) is 105 cm³/mol. The smallest absolute Gasteiger partial charge is 0.189 e. The Bertz CT molecular complexity index is 660. The number of thiocarbonyl (C=S) groups is 1. The van der Waals surface area contributed by atoms with Gasteiger partial charge in [-0.15, -0.1) is 0 Å². The van der Waals surface area contributed by atoms with E-state index in [1.807, 2.05) is 24.3 Å². The first kappa shape index (κ1) is 21.7. The van der Waals surface area contributed by atoms with Crippen molar-refractivity contribution in [2.24, 2.45) is 5.10 Å². The number of hydrogen-bond acceptors (Lipinski definition) is 7. The highest BCUT2D eigenvalue weighted by Crippen LogP contribution is 2.22. The standard InChI is InChI=1S/C18H27N3O5S/c1-18(2,3)11-6-4-10(5-7-11)8-19-21-17(27)20-16-15(25)14(24)13(23)12(9-22)26-16/h4-8,12-16,22-25H,9H2,1-3H3,(H2,20,21,27)/t12-,13-,14+,15-,16-/m1/s1. The lowest BCUT2D eigenvalue weighted by Gasteiger charge is -2.40. The Morgan fingerprint density at radius 3 is 2.33 bits per heavy atom. The molecular weight excluding hydrogens is 370 g/mol. The number of ether oxygens (including phenoxy) is 1. The van der Waals surface area contributed by atoms with Gasteiger partial charge in [0.25, 0.3) is 0 Å². The Hall–Kier alpha value is -1.62. The molecule has 2 rings (SSSR count). The third kappa shape index (κ3) is 5.68. The molecule has 1 aliphatic heterocycles. The van der Waals surface area contributed by atoms with Crippen LogP contribution in [0.4, 0.5) is 0 Å². The molecular formula is C18H27N3O5S. The van der Waals surface area contributed by atoms with Gasteiger partial charge in [0.15, 0.2) is 11.3 Å². The number of aliphatic hydroxyl groups excluding tert-OH is 4. The van der Waals surface area contributed by atoms with Gasteiger partial charge in [-0.05, 0) is 28.8 Å². The Morgan fingerprint density at radius 2 is 1.78 bits per heavy atom. The van der Waals surface area contributed by atoms with Crippen LogP contribution in [0.1, 0.15) is 31.9 Å². The Labute approximate surface area is 163 Å². The van der Waals surface area contributed by atoms with Gasteiger partial charge in [-0.1, -0.05) is 45.0 Å². The number of nitrogens with one attached hydrogen (secondary N) is 2. The van der Waals surface area contributed by atoms with Gasteiger partial charge in [0.1, 0.15) is 24.4 Å². The van der Waals surface area contributed by atoms with E-state index >= 15 is 0 Å². The summed E-state index contributed by atoms with van der Waals surface area (Å²) < 4.78 is 5.31. The fourth-order valence-electron chi connectivity index (χ4n) is 2.62. The third-order valence-electron chi connectivity index (χ3n) is 4.32. The van der Waals surface area contributed by atoms with E-state index in [0.29, 0.717) is 0 Å². The zero-order valence-corrected chi connectivity index (χ0v) is 16.3. The van der Waals surface area contributed by atoms with Crippen LogP contribution in [0.25, 0.3) is 0 Å². The van der Waals surface area contributed by atoms with E-state index in [1.165, 1.54) is 5.56 Å². The fraction of sp³-hybridized carbons (Fsp3) is 0.556. The molecule has 6 N–H and O–H groups in total. The highest BCUT2D eigenvalue weighted by Gasteiger charge is 2.43. The highest BCUT2D eigenvalue weighted by molar-refractivity contribution is 7.80. The van der Waals surface area contributed by atoms with Crippen LogP contribution in [0.5, 0.6) is 0 Å². The van der Waals surface area contributed by atoms with Gasteiger partial charge in [-0.2, -0.15) is 5.10 Å². The Balaban J connectivity index is 1.89. The van der Waals surface area contributed by atoms with Gasteiger partial charge in [-0.3, -0.25) is 5.43 Å². The molecule has 1 saturated heterocycles. The monoisotopic (exact) mass is 397 g/mol. The molecule has 1 heterocycles. The Kier molecular flexibility index (Phi) is 7.26. The van der Waals surface area contributed by atoms with Crippen molar-refractivity contribution in [2.45, 2.75) is 56.8 Å². The maximum atomic E-state index is 9.96. The van der Waals surface area contributed by atoms with E-state index in [-0.39, 0.29) is 10.5 Å². The number of benzene rings is 1. The number of hydrogen-bond donors (Lipinski definition) is 6. The van der Waals surface area contributed by atoms with Crippen LogP contribution in [0, 0.1) is 0 Å². The molecule has 0 aromatic heterocycles. The molecule has 0 aliphatic carbocycles. The van der Waals surface area contributed by atoms with E-state index in [1.54, 1.807) is 6.21 Å². The zero-order valence-electron chi connectivity index (χ0n) is 15.5. The maximum absolute atomic E-state index is 9.96. The van der Waals surface area contributed by atoms with Gasteiger partial charge < -0.3 is 30.5 Å². The van der Waals surface area contributed by atoms with E-state index in [9.17, 15) is 20.4 Å². The average molecular weight is 397 g/mol. The van der Waals surface area contributed by atoms with E-state index in [0.717, 1.165) is 5.56 Å². The molecule has 8 nitrogen and oxygen atoms in total. The minimum Gasteiger partial charge on any atom is -0.394 e. The summed E-state index contributed by atoms with van der Waals surface area (Å²) in [6.07, 6.45) is -4.82. The summed E-state index contributed by atoms with van der Waals surface area (Å²) in [6.45, 7) is 5.91. The topological polar surface area (TPSA) is 127 Å². The molecule has 5 atom stereocenters. The second-order valence-corrected chi connectivity index (χ2v) is 7.87. The van der Waals surface area contributed by atoms with E-state index < -0.39 is 37.3 Å². The van der Waals surface area contributed by atoms with Gasteiger partial charge in [0.2, 0.25) is 0 Å². The molecule has 1 aliphatic rings. The third-order valence-corrected chi connectivity index (χ3v) is 4.53. The van der Waals surface area contributed by atoms with Crippen molar-refractivity contribution in [3.8, 4) is 0 Å². The lowest BCUT2D eigenvalue weighted by atomic mass is 9.87. The van der Waals surface area contributed by atoms with Crippen LogP contribution in [0.3, 0.4) is 0 Å². The average Bonchev–Trinajstić information content (AvgIpc) is 2.62. The van der Waals surface area contributed by atoms with Crippen LogP contribution in [0.2, 0.25) is 0 Å². The zero-order chi connectivity index (χ0) is 20.2. The van der Waals surface area contributed by atoms with Gasteiger partial charge in [0.05, 0.1) is 12.8 Å². The van der Waals surface area contributed by atoms with Crippen molar-refractivity contribution in [1.29, 1.82) is 0 Å². The molecule has 1 aromatic carbocycles. The largest absolute Gasteiger partial charge is 0.394 e. The first-order valence-corrected chi connectivity index (χ1v) is 9.05. The van der Waals surface area contributed by atoms with Gasteiger partial charge in [-0.25, -0.2) is 0 Å². The molecule has 27 heavy (non-hydrogen) atoms. The van der Waals surface area contributed by atoms with Crippen LogP contribution >= 0.6 is 12.2 Å². The molecule has 9 heteroatoms. The number of hydrazone groups is 1. The molecule has 0 saturated carbocycles. The second-order valence-electron chi connectivity index (χ2n) is 7.46. The summed E-state index contributed by atoms with van der Waals surface area (Å²) in [4.78, 5) is 0. The van der Waals surface area contributed by atoms with Crippen molar-refractivity contribution in [3.05, 3.63) is 35.4 Å². The maximum Gasteiger partial charge on any atom is 0.189 e. The molecule has 0 radical (unpaired) electrons. The van der Waals surface area contributed by atoms with Crippen LogP contribution < -0.4 is 10.7 Å². The van der Waals surface area contributed by atoms with Crippen molar-refractivity contribution >= 4 is 23.5 Å². The predicted octanol–water partition coefficient (Wildman–Crippen LogP) is -0.418. The van der Waals surface area contributed by atoms with Crippen LogP contribution in [-0.4, -0.2) is 69.0 Å². The molecule has 0 unspecified atom stereocenters. The van der Waals surface area contributed by atoms with Crippen LogP contribution in [0.15, 0.2) is 29.4 Å². The van der Waals surface area contributed by atoms with Crippen LogP contribution in [-0.2, 0) is 10.2 Å². The number of aliphatic hydroxyl groups is 4. The van der Waals surface area contributed by atoms with Gasteiger partial charge in [0, 0.05) is 0 Å². The molecule has 0 spiro atoms. The molecule has 1 aromatic rings. The van der Waals surface area contributed by atoms with E-state index in [2.05, 4.69) is 36.6 Å². The van der Waals surface area contributed by atoms with Crippen molar-refractivity contribution < 1.29 is 25.2 Å². The molecule has 150 valence electrons. The highest BCUT2D eigenvalue weighted by atomic mass is 32.1. The molecule has 1 fully saturated rings. The van der Waals surface area contributed by atoms with Crippen molar-refractivity contribution in [1.82, 2.24) is 10.7 Å². The summed E-state index contributed by atoms with van der Waals surface area (Å²) in [5.41, 5.74) is 4.76. The number of rotatable bonds is 4. The molecule has 0 amide bonds. The minimum absolute atomic E-state index is 0.0573. The summed E-state index contributed by atoms with van der Waals surface area (Å²) in [5, 5.41) is 45.4. The first-order chi connectivity index (χ1) is 12.6. The summed E-state index contributed by atoms with van der Waals surface area (Å²) >= 11 is 5.08. The Morgan fingerprint density at radius 1 is 1.15 bits per heavy atom. The summed E-state index contributed by atoms with van der Waals surface area (Å²) in [7, 11) is 0. The van der Waals surface area contributed by atoms with Crippen molar-refractivity contribution in [2.75, 3.05) is 6.61 Å². The first-order valence-electron chi connectivity index (χ1n) is 8.64. The van der Waals surface area contributed by atoms with Crippen molar-refractivity contribution in [3.63, 3.8) is 0 Å². The normalized spacial score (nSPS) is 28.9. The lowest BCUT2D eigenvalue weighted by molar-refractivity contribution is -0.232. The summed E-state index contributed by atoms with van der Waals surface area (Å²) in [5.74, 6) is 0. The molecule has 0 bridgehead atoms. The lowest BCUT2D eigenvalue weighted by Crippen LogP contribution is -2.63. The minimum atomic E-state index is -1.47. The van der Waals surface area contributed by atoms with Gasteiger partial charge >= 0.3 is 0 Å².